The van der Waals surface area contributed by atoms with Gasteiger partial charge >= 0.3 is 0 Å². The number of aliphatic hydroxyl groups excluding tert-OH is 1. The lowest BCUT2D eigenvalue weighted by molar-refractivity contribution is 0.278. The molecule has 0 aliphatic heterocycles. The molecule has 0 unspecified atom stereocenters. The molecule has 0 aliphatic carbocycles. The van der Waals surface area contributed by atoms with Gasteiger partial charge in [0.2, 0.25) is 0 Å². The Hall–Kier alpha value is -0.510. The summed E-state index contributed by atoms with van der Waals surface area (Å²) in [5.41, 5.74) is 0.184. The van der Waals surface area contributed by atoms with Crippen LogP contribution < -0.4 is 4.74 Å². The Kier molecular flexibility index (Phi) is 5.32. The number of rotatable bonds is 5. The van der Waals surface area contributed by atoms with Crippen molar-refractivity contribution in [1.29, 1.82) is 0 Å². The van der Waals surface area contributed by atoms with E-state index in [1.165, 1.54) is 6.07 Å². The van der Waals surface area contributed by atoms with Gasteiger partial charge in [-0.25, -0.2) is 4.39 Å². The summed E-state index contributed by atoms with van der Waals surface area (Å²) < 4.78 is 18.8. The molecular weight excluding hydrogens is 254 g/mol. The molecule has 2 nitrogen and oxygen atoms in total. The monoisotopic (exact) mass is 266 g/mol. The molecule has 0 spiro atoms. The molecule has 1 aromatic carbocycles. The first-order valence-electron chi connectivity index (χ1n) is 5.01. The normalized spacial score (nSPS) is 10.6. The average Bonchev–Trinajstić information content (AvgIpc) is 2.26. The Morgan fingerprint density at radius 3 is 2.69 bits per heavy atom. The summed E-state index contributed by atoms with van der Waals surface area (Å²) in [6.45, 7) is 2.02. The van der Waals surface area contributed by atoms with Crippen LogP contribution in [0.1, 0.15) is 25.3 Å². The predicted molar refractivity (Wildman–Crippen MR) is 62.7 cm³/mol. The fourth-order valence-corrected chi connectivity index (χ4v) is 1.74. The van der Waals surface area contributed by atoms with Gasteiger partial charge in [0.25, 0.3) is 0 Å². The zero-order valence-electron chi connectivity index (χ0n) is 8.90. The van der Waals surface area contributed by atoms with Crippen molar-refractivity contribution in [3.05, 3.63) is 27.5 Å². The molecule has 0 atom stereocenters. The van der Waals surface area contributed by atoms with E-state index in [9.17, 15) is 4.39 Å². The minimum Gasteiger partial charge on any atom is -0.490 e. The van der Waals surface area contributed by atoms with E-state index in [1.54, 1.807) is 0 Å². The van der Waals surface area contributed by atoms with Crippen LogP contribution in [0.3, 0.4) is 0 Å². The molecule has 0 heterocycles. The molecule has 0 aromatic heterocycles. The molecule has 0 saturated heterocycles. The van der Waals surface area contributed by atoms with Crippen LogP contribution in [0.15, 0.2) is 6.07 Å². The minimum absolute atomic E-state index is 0.0284. The third-order valence-corrected chi connectivity index (χ3v) is 2.86. The Morgan fingerprint density at radius 2 is 2.12 bits per heavy atom. The highest BCUT2D eigenvalue weighted by molar-refractivity contribution is 6.36. The van der Waals surface area contributed by atoms with Gasteiger partial charge in [-0.1, -0.05) is 36.5 Å². The second kappa shape index (κ2) is 6.28. The summed E-state index contributed by atoms with van der Waals surface area (Å²) in [6, 6.07) is 1.34. The number of ether oxygens (including phenoxy) is 1. The first kappa shape index (κ1) is 13.6. The van der Waals surface area contributed by atoms with Crippen molar-refractivity contribution in [2.75, 3.05) is 6.61 Å². The lowest BCUT2D eigenvalue weighted by atomic mass is 10.2. The maximum absolute atomic E-state index is 13.6. The number of hydrogen-bond acceptors (Lipinski definition) is 2. The maximum Gasteiger partial charge on any atom is 0.184 e. The third-order valence-electron chi connectivity index (χ3n) is 2.13. The lowest BCUT2D eigenvalue weighted by Crippen LogP contribution is -2.01. The molecule has 90 valence electrons. The number of hydrogen-bond donors (Lipinski definition) is 1. The van der Waals surface area contributed by atoms with Crippen LogP contribution >= 0.6 is 23.2 Å². The molecule has 0 fully saturated rings. The van der Waals surface area contributed by atoms with Gasteiger partial charge in [-0.3, -0.25) is 0 Å². The Balaban J connectivity index is 2.94. The summed E-state index contributed by atoms with van der Waals surface area (Å²) in [5, 5.41) is 8.98. The highest BCUT2D eigenvalue weighted by Gasteiger charge is 2.16. The smallest absolute Gasteiger partial charge is 0.184 e. The summed E-state index contributed by atoms with van der Waals surface area (Å²) >= 11 is 11.5. The summed E-state index contributed by atoms with van der Waals surface area (Å²) in [5.74, 6) is -0.646. The van der Waals surface area contributed by atoms with Crippen molar-refractivity contribution < 1.29 is 14.2 Å². The predicted octanol–water partition coefficient (Wildman–Crippen LogP) is 3.80. The molecule has 1 N–H and O–H groups in total. The zero-order valence-corrected chi connectivity index (χ0v) is 10.4. The van der Waals surface area contributed by atoms with Crippen LogP contribution in [0.5, 0.6) is 5.75 Å². The van der Waals surface area contributed by atoms with E-state index in [2.05, 4.69) is 0 Å². The van der Waals surface area contributed by atoms with Crippen LogP contribution in [0.4, 0.5) is 4.39 Å². The van der Waals surface area contributed by atoms with Gasteiger partial charge in [0.05, 0.1) is 23.3 Å². The summed E-state index contributed by atoms with van der Waals surface area (Å²) in [7, 11) is 0. The van der Waals surface area contributed by atoms with E-state index >= 15 is 0 Å². The average molecular weight is 267 g/mol. The highest BCUT2D eigenvalue weighted by Crippen LogP contribution is 2.34. The zero-order chi connectivity index (χ0) is 12.1. The van der Waals surface area contributed by atoms with Crippen molar-refractivity contribution in [3.8, 4) is 5.75 Å². The van der Waals surface area contributed by atoms with Gasteiger partial charge in [-0.05, 0) is 6.42 Å². The molecule has 16 heavy (non-hydrogen) atoms. The first-order valence-corrected chi connectivity index (χ1v) is 5.77. The molecule has 1 rings (SSSR count). The summed E-state index contributed by atoms with van der Waals surface area (Å²) in [6.07, 6.45) is 1.79. The topological polar surface area (TPSA) is 29.5 Å². The fraction of sp³-hybridized carbons (Fsp3) is 0.455. The molecule has 0 bridgehead atoms. The van der Waals surface area contributed by atoms with E-state index in [1.807, 2.05) is 6.92 Å². The van der Waals surface area contributed by atoms with Crippen molar-refractivity contribution in [2.45, 2.75) is 26.4 Å². The van der Waals surface area contributed by atoms with E-state index in [-0.39, 0.29) is 21.4 Å². The fourth-order valence-electron chi connectivity index (χ4n) is 1.19. The van der Waals surface area contributed by atoms with Crippen molar-refractivity contribution >= 4 is 23.2 Å². The number of halogens is 3. The van der Waals surface area contributed by atoms with E-state index in [4.69, 9.17) is 33.0 Å². The minimum atomic E-state index is -0.675. The summed E-state index contributed by atoms with van der Waals surface area (Å²) in [4.78, 5) is 0. The molecule has 5 heteroatoms. The number of benzene rings is 1. The molecule has 0 aliphatic rings. The third kappa shape index (κ3) is 3.00. The maximum atomic E-state index is 13.6. The van der Waals surface area contributed by atoms with Gasteiger partial charge in [-0.15, -0.1) is 0 Å². The van der Waals surface area contributed by atoms with Gasteiger partial charge in [0, 0.05) is 11.6 Å². The standard InChI is InChI=1S/C11H13Cl2FO2/c1-2-3-4-16-9-5-8(12)7(6-15)10(13)11(9)14/h5,15H,2-4,6H2,1H3. The number of unbranched alkanes of at least 4 members (excludes halogenated alkanes) is 1. The largest absolute Gasteiger partial charge is 0.490 e. The molecular formula is C11H13Cl2FO2. The highest BCUT2D eigenvalue weighted by atomic mass is 35.5. The van der Waals surface area contributed by atoms with Crippen LogP contribution in [0.2, 0.25) is 10.0 Å². The van der Waals surface area contributed by atoms with E-state index in [0.717, 1.165) is 12.8 Å². The first-order chi connectivity index (χ1) is 7.61. The second-order valence-electron chi connectivity index (χ2n) is 3.32. The molecule has 1 aromatic rings. The lowest BCUT2D eigenvalue weighted by Gasteiger charge is -2.11. The van der Waals surface area contributed by atoms with Crippen molar-refractivity contribution in [1.82, 2.24) is 0 Å². The van der Waals surface area contributed by atoms with Gasteiger partial charge in [-0.2, -0.15) is 0 Å². The van der Waals surface area contributed by atoms with Crippen LogP contribution in [0, 0.1) is 5.82 Å². The van der Waals surface area contributed by atoms with Crippen LogP contribution in [-0.4, -0.2) is 11.7 Å². The Morgan fingerprint density at radius 1 is 1.44 bits per heavy atom. The van der Waals surface area contributed by atoms with Gasteiger partial charge < -0.3 is 9.84 Å². The van der Waals surface area contributed by atoms with Crippen molar-refractivity contribution in [2.24, 2.45) is 0 Å². The van der Waals surface area contributed by atoms with Crippen molar-refractivity contribution in [3.63, 3.8) is 0 Å². The quantitative estimate of drug-likeness (QED) is 0.649. The second-order valence-corrected chi connectivity index (χ2v) is 4.11. The SMILES string of the molecule is CCCCOc1cc(Cl)c(CO)c(Cl)c1F. The van der Waals surface area contributed by atoms with Crippen LogP contribution in [-0.2, 0) is 6.61 Å². The Bertz CT molecular complexity index is 369. The molecule has 0 saturated carbocycles. The van der Waals surface area contributed by atoms with Gasteiger partial charge in [0.15, 0.2) is 11.6 Å². The van der Waals surface area contributed by atoms with Crippen LogP contribution in [0.25, 0.3) is 0 Å². The Labute approximate surface area is 104 Å². The van der Waals surface area contributed by atoms with Gasteiger partial charge in [0.1, 0.15) is 0 Å². The van der Waals surface area contributed by atoms with E-state index < -0.39 is 12.4 Å². The van der Waals surface area contributed by atoms with E-state index in [0.29, 0.717) is 6.61 Å². The number of aliphatic hydroxyl groups is 1. The molecule has 0 amide bonds. The molecule has 0 radical (unpaired) electrons.